The number of aromatic carboxylic acids is 1. The second kappa shape index (κ2) is 6.07. The number of halogens is 1. The van der Waals surface area contributed by atoms with Gasteiger partial charge in [-0.25, -0.2) is 9.18 Å². The fourth-order valence-electron chi connectivity index (χ4n) is 2.93. The number of hydrogen-bond acceptors (Lipinski definition) is 4. The molecular formula is C14H17FN2O4. The molecule has 6 nitrogen and oxygen atoms in total. The number of nitro benzene ring substituents is 1. The number of rotatable bonds is 5. The zero-order valence-corrected chi connectivity index (χ0v) is 11.7. The average Bonchev–Trinajstić information content (AvgIpc) is 2.94. The van der Waals surface area contributed by atoms with Crippen molar-refractivity contribution in [3.63, 3.8) is 0 Å². The van der Waals surface area contributed by atoms with Crippen molar-refractivity contribution in [3.05, 3.63) is 33.6 Å². The molecule has 21 heavy (non-hydrogen) atoms. The number of nitrogens with zero attached hydrogens (tertiary/aromatic N) is 2. The molecule has 0 atom stereocenters. The molecule has 0 saturated heterocycles. The summed E-state index contributed by atoms with van der Waals surface area (Å²) < 4.78 is 14.2. The van der Waals surface area contributed by atoms with E-state index in [2.05, 4.69) is 0 Å². The van der Waals surface area contributed by atoms with E-state index in [9.17, 15) is 19.3 Å². The van der Waals surface area contributed by atoms with Crippen LogP contribution < -0.4 is 4.90 Å². The number of hydrogen-bond donors (Lipinski definition) is 1. The van der Waals surface area contributed by atoms with Crippen LogP contribution in [-0.4, -0.2) is 28.6 Å². The van der Waals surface area contributed by atoms with Crippen LogP contribution in [0.15, 0.2) is 12.1 Å². The Morgan fingerprint density at radius 1 is 1.48 bits per heavy atom. The Hall–Kier alpha value is -2.18. The molecule has 7 heteroatoms. The molecule has 1 fully saturated rings. The summed E-state index contributed by atoms with van der Waals surface area (Å²) in [4.78, 5) is 23.0. The Kier molecular flexibility index (Phi) is 4.40. The van der Waals surface area contributed by atoms with Crippen LogP contribution in [0.4, 0.5) is 15.8 Å². The van der Waals surface area contributed by atoms with Gasteiger partial charge in [0.1, 0.15) is 5.56 Å². The Bertz CT molecular complexity index is 570. The molecule has 1 aliphatic carbocycles. The molecule has 0 amide bonds. The lowest BCUT2D eigenvalue weighted by Gasteiger charge is -2.30. The summed E-state index contributed by atoms with van der Waals surface area (Å²) >= 11 is 0. The van der Waals surface area contributed by atoms with E-state index in [1.807, 2.05) is 6.92 Å². The minimum atomic E-state index is -1.43. The van der Waals surface area contributed by atoms with E-state index in [1.165, 1.54) is 0 Å². The first-order chi connectivity index (χ1) is 9.95. The van der Waals surface area contributed by atoms with Crippen LogP contribution in [0, 0.1) is 15.9 Å². The molecule has 0 bridgehead atoms. The normalized spacial score (nSPS) is 15.1. The van der Waals surface area contributed by atoms with E-state index in [0.717, 1.165) is 31.7 Å². The predicted octanol–water partition coefficient (Wildman–Crippen LogP) is 3.20. The molecule has 0 radical (unpaired) electrons. The Morgan fingerprint density at radius 3 is 2.57 bits per heavy atom. The third-order valence-corrected chi connectivity index (χ3v) is 3.91. The molecule has 114 valence electrons. The Morgan fingerprint density at radius 2 is 2.10 bits per heavy atom. The number of carboxylic acids is 1. The highest BCUT2D eigenvalue weighted by Crippen LogP contribution is 2.33. The van der Waals surface area contributed by atoms with E-state index in [0.29, 0.717) is 12.6 Å². The average molecular weight is 296 g/mol. The summed E-state index contributed by atoms with van der Waals surface area (Å²) in [5, 5.41) is 20.0. The highest BCUT2D eigenvalue weighted by molar-refractivity contribution is 5.93. The summed E-state index contributed by atoms with van der Waals surface area (Å²) in [5.74, 6) is -2.18. The highest BCUT2D eigenvalue weighted by Gasteiger charge is 2.28. The molecule has 1 aromatic carbocycles. The molecule has 2 rings (SSSR count). The lowest BCUT2D eigenvalue weighted by Crippen LogP contribution is -2.33. The van der Waals surface area contributed by atoms with Gasteiger partial charge in [-0.15, -0.1) is 0 Å². The van der Waals surface area contributed by atoms with Crippen LogP contribution >= 0.6 is 0 Å². The van der Waals surface area contributed by atoms with Gasteiger partial charge in [0.15, 0.2) is 5.82 Å². The van der Waals surface area contributed by atoms with E-state index in [4.69, 9.17) is 5.11 Å². The third kappa shape index (κ3) is 2.96. The fourth-order valence-corrected chi connectivity index (χ4v) is 2.93. The molecule has 0 aromatic heterocycles. The first-order valence-electron chi connectivity index (χ1n) is 6.93. The van der Waals surface area contributed by atoms with Gasteiger partial charge in [-0.1, -0.05) is 12.8 Å². The number of carbonyl (C=O) groups is 1. The Labute approximate surface area is 121 Å². The topological polar surface area (TPSA) is 83.7 Å². The van der Waals surface area contributed by atoms with Gasteiger partial charge in [0.25, 0.3) is 5.69 Å². The van der Waals surface area contributed by atoms with Crippen LogP contribution in [0.2, 0.25) is 0 Å². The maximum atomic E-state index is 14.2. The third-order valence-electron chi connectivity index (χ3n) is 3.91. The summed E-state index contributed by atoms with van der Waals surface area (Å²) in [6.07, 6.45) is 3.96. The molecule has 1 N–H and O–H groups in total. The van der Waals surface area contributed by atoms with Gasteiger partial charge in [-0.05, 0) is 25.8 Å². The molecule has 1 aromatic rings. The second-order valence-corrected chi connectivity index (χ2v) is 5.11. The van der Waals surface area contributed by atoms with Crippen LogP contribution in [0.3, 0.4) is 0 Å². The summed E-state index contributed by atoms with van der Waals surface area (Å²) in [6, 6.07) is 1.95. The summed E-state index contributed by atoms with van der Waals surface area (Å²) in [6.45, 7) is 2.39. The molecule has 0 aliphatic heterocycles. The van der Waals surface area contributed by atoms with Gasteiger partial charge >= 0.3 is 5.97 Å². The van der Waals surface area contributed by atoms with Gasteiger partial charge in [0.05, 0.1) is 16.7 Å². The van der Waals surface area contributed by atoms with Gasteiger partial charge < -0.3 is 10.0 Å². The van der Waals surface area contributed by atoms with Crippen molar-refractivity contribution in [2.75, 3.05) is 11.4 Å². The van der Waals surface area contributed by atoms with Crippen molar-refractivity contribution >= 4 is 17.3 Å². The van der Waals surface area contributed by atoms with Crippen LogP contribution in [-0.2, 0) is 0 Å². The van der Waals surface area contributed by atoms with E-state index in [1.54, 1.807) is 4.90 Å². The minimum absolute atomic E-state index is 0.132. The van der Waals surface area contributed by atoms with Crippen LogP contribution in [0.25, 0.3) is 0 Å². The van der Waals surface area contributed by atoms with Gasteiger partial charge in [-0.2, -0.15) is 0 Å². The zero-order chi connectivity index (χ0) is 15.6. The first-order valence-corrected chi connectivity index (χ1v) is 6.93. The number of benzene rings is 1. The zero-order valence-electron chi connectivity index (χ0n) is 11.7. The van der Waals surface area contributed by atoms with Crippen molar-refractivity contribution < 1.29 is 19.2 Å². The van der Waals surface area contributed by atoms with Crippen LogP contribution in [0.1, 0.15) is 43.0 Å². The van der Waals surface area contributed by atoms with E-state index in [-0.39, 0.29) is 11.7 Å². The largest absolute Gasteiger partial charge is 0.477 e. The van der Waals surface area contributed by atoms with Crippen molar-refractivity contribution in [1.82, 2.24) is 0 Å². The molecule has 1 saturated carbocycles. The van der Waals surface area contributed by atoms with E-state index >= 15 is 0 Å². The quantitative estimate of drug-likeness (QED) is 0.666. The fraction of sp³-hybridized carbons (Fsp3) is 0.500. The number of nitro groups is 1. The highest BCUT2D eigenvalue weighted by atomic mass is 19.1. The van der Waals surface area contributed by atoms with Gasteiger partial charge in [-0.3, -0.25) is 10.1 Å². The molecular weight excluding hydrogens is 279 g/mol. The SMILES string of the molecule is CCN(c1cc(C(=O)O)c([N+](=O)[O-])cc1F)C1CCCC1. The number of carboxylic acid groups (broad SMARTS) is 1. The van der Waals surface area contributed by atoms with Crippen molar-refractivity contribution in [2.45, 2.75) is 38.6 Å². The number of anilines is 1. The molecule has 0 heterocycles. The summed E-state index contributed by atoms with van der Waals surface area (Å²) in [5.41, 5.74) is -1.06. The van der Waals surface area contributed by atoms with Crippen molar-refractivity contribution in [2.24, 2.45) is 0 Å². The van der Waals surface area contributed by atoms with Gasteiger partial charge in [0, 0.05) is 12.6 Å². The maximum absolute atomic E-state index is 14.2. The lowest BCUT2D eigenvalue weighted by atomic mass is 10.1. The van der Waals surface area contributed by atoms with Crippen LogP contribution in [0.5, 0.6) is 0 Å². The predicted molar refractivity (Wildman–Crippen MR) is 75.3 cm³/mol. The maximum Gasteiger partial charge on any atom is 0.342 e. The standard InChI is InChI=1S/C14H17FN2O4/c1-2-16(9-5-3-4-6-9)13-7-10(14(18)19)12(17(20)21)8-11(13)15/h7-9H,2-6H2,1H3,(H,18,19). The minimum Gasteiger partial charge on any atom is -0.477 e. The first kappa shape index (κ1) is 15.2. The monoisotopic (exact) mass is 296 g/mol. The lowest BCUT2D eigenvalue weighted by molar-refractivity contribution is -0.385. The molecule has 1 aliphatic rings. The van der Waals surface area contributed by atoms with Gasteiger partial charge in [0.2, 0.25) is 0 Å². The Balaban J connectivity index is 2.49. The second-order valence-electron chi connectivity index (χ2n) is 5.11. The van der Waals surface area contributed by atoms with E-state index < -0.39 is 28.0 Å². The molecule has 0 spiro atoms. The smallest absolute Gasteiger partial charge is 0.342 e. The molecule has 0 unspecified atom stereocenters. The summed E-state index contributed by atoms with van der Waals surface area (Å²) in [7, 11) is 0. The van der Waals surface area contributed by atoms with Crippen molar-refractivity contribution in [1.29, 1.82) is 0 Å². The van der Waals surface area contributed by atoms with Crippen molar-refractivity contribution in [3.8, 4) is 0 Å².